The average molecular weight is 486 g/mol. The van der Waals surface area contributed by atoms with Crippen LogP contribution in [0.2, 0.25) is 0 Å². The molecule has 0 aliphatic rings. The summed E-state index contributed by atoms with van der Waals surface area (Å²) >= 11 is 2.73. The van der Waals surface area contributed by atoms with E-state index in [-0.39, 0.29) is 11.7 Å². The van der Waals surface area contributed by atoms with Crippen molar-refractivity contribution in [3.05, 3.63) is 83.9 Å². The second-order valence-corrected chi connectivity index (χ2v) is 9.59. The number of nitrogens with one attached hydrogen (secondary N) is 1. The summed E-state index contributed by atoms with van der Waals surface area (Å²) in [4.78, 5) is 13.6. The minimum atomic E-state index is -0.148. The molecule has 0 fully saturated rings. The molecular formula is C26H23N5OS2. The Morgan fingerprint density at radius 2 is 1.76 bits per heavy atom. The van der Waals surface area contributed by atoms with Gasteiger partial charge in [-0.25, -0.2) is 0 Å². The standard InChI is InChI=1S/C26H23N5OS2/c1-18-10-12-21(13-11-18)31-25(20-7-5-6-19(2)16-20)29-30-26(31)34-17-24(32)28-22-8-3-4-9-23(22)33-15-14-27/h3-13,16H,15,17H2,1-2H3,(H,28,32). The lowest BCUT2D eigenvalue weighted by molar-refractivity contribution is -0.113. The Morgan fingerprint density at radius 3 is 2.53 bits per heavy atom. The van der Waals surface area contributed by atoms with E-state index < -0.39 is 0 Å². The van der Waals surface area contributed by atoms with Gasteiger partial charge in [0.25, 0.3) is 0 Å². The molecule has 1 aromatic heterocycles. The number of carbonyl (C=O) groups excluding carboxylic acids is 1. The molecule has 0 bridgehead atoms. The molecule has 170 valence electrons. The van der Waals surface area contributed by atoms with Gasteiger partial charge in [-0.3, -0.25) is 9.36 Å². The monoisotopic (exact) mass is 485 g/mol. The fourth-order valence-corrected chi connectivity index (χ4v) is 4.80. The summed E-state index contributed by atoms with van der Waals surface area (Å²) < 4.78 is 1.99. The Hall–Kier alpha value is -3.54. The molecule has 4 aromatic rings. The number of carbonyl (C=O) groups is 1. The van der Waals surface area contributed by atoms with Gasteiger partial charge in [-0.2, -0.15) is 5.26 Å². The molecule has 0 aliphatic heterocycles. The molecule has 4 rings (SSSR count). The van der Waals surface area contributed by atoms with Gasteiger partial charge >= 0.3 is 0 Å². The van der Waals surface area contributed by atoms with Gasteiger partial charge in [0.15, 0.2) is 11.0 Å². The number of amides is 1. The molecule has 34 heavy (non-hydrogen) atoms. The number of anilines is 1. The molecule has 0 spiro atoms. The van der Waals surface area contributed by atoms with Gasteiger partial charge < -0.3 is 5.32 Å². The summed E-state index contributed by atoms with van der Waals surface area (Å²) in [5.74, 6) is 1.08. The van der Waals surface area contributed by atoms with E-state index in [1.54, 1.807) is 0 Å². The smallest absolute Gasteiger partial charge is 0.234 e. The molecule has 3 aromatic carbocycles. The zero-order valence-electron chi connectivity index (χ0n) is 18.9. The molecule has 1 amide bonds. The molecule has 6 nitrogen and oxygen atoms in total. The zero-order chi connectivity index (χ0) is 23.9. The molecule has 0 saturated carbocycles. The van der Waals surface area contributed by atoms with Crippen molar-refractivity contribution in [2.45, 2.75) is 23.9 Å². The van der Waals surface area contributed by atoms with Gasteiger partial charge in [-0.05, 0) is 44.2 Å². The van der Waals surface area contributed by atoms with E-state index in [0.29, 0.717) is 16.6 Å². The average Bonchev–Trinajstić information content (AvgIpc) is 3.27. The number of aryl methyl sites for hydroxylation is 2. The molecule has 1 heterocycles. The number of thioether (sulfide) groups is 2. The van der Waals surface area contributed by atoms with Gasteiger partial charge in [0.1, 0.15) is 0 Å². The van der Waals surface area contributed by atoms with Crippen LogP contribution >= 0.6 is 23.5 Å². The molecule has 8 heteroatoms. The lowest BCUT2D eigenvalue weighted by Crippen LogP contribution is -2.15. The second kappa shape index (κ2) is 11.1. The number of nitriles is 1. The number of nitrogens with zero attached hydrogens (tertiary/aromatic N) is 4. The number of benzene rings is 3. The van der Waals surface area contributed by atoms with Crippen molar-refractivity contribution in [2.75, 3.05) is 16.8 Å². The SMILES string of the molecule is Cc1ccc(-n2c(SCC(=O)Nc3ccccc3SCC#N)nnc2-c2cccc(C)c2)cc1. The van der Waals surface area contributed by atoms with Crippen molar-refractivity contribution in [3.8, 4) is 23.1 Å². The number of hydrogen-bond acceptors (Lipinski definition) is 6. The maximum Gasteiger partial charge on any atom is 0.234 e. The highest BCUT2D eigenvalue weighted by Gasteiger charge is 2.18. The fourth-order valence-electron chi connectivity index (χ4n) is 3.38. The Labute approximate surface area is 207 Å². The first-order chi connectivity index (χ1) is 16.5. The van der Waals surface area contributed by atoms with Crippen LogP contribution in [0.25, 0.3) is 17.1 Å². The van der Waals surface area contributed by atoms with E-state index in [0.717, 1.165) is 33.1 Å². The van der Waals surface area contributed by atoms with Crippen molar-refractivity contribution in [3.63, 3.8) is 0 Å². The molecule has 0 aliphatic carbocycles. The maximum absolute atomic E-state index is 12.8. The highest BCUT2D eigenvalue weighted by Crippen LogP contribution is 2.30. The van der Waals surface area contributed by atoms with Crippen molar-refractivity contribution in [2.24, 2.45) is 0 Å². The Morgan fingerprint density at radius 1 is 0.971 bits per heavy atom. The number of aromatic nitrogens is 3. The Bertz CT molecular complexity index is 1340. The molecule has 0 atom stereocenters. The number of rotatable bonds is 8. The first-order valence-corrected chi connectivity index (χ1v) is 12.6. The lowest BCUT2D eigenvalue weighted by atomic mass is 10.1. The van der Waals surface area contributed by atoms with Gasteiger partial charge in [0, 0.05) is 16.1 Å². The third kappa shape index (κ3) is 5.68. The first kappa shape index (κ1) is 23.6. The van der Waals surface area contributed by atoms with E-state index in [1.165, 1.54) is 23.5 Å². The third-order valence-corrected chi connectivity index (χ3v) is 6.86. The van der Waals surface area contributed by atoms with Crippen LogP contribution in [0, 0.1) is 25.2 Å². The van der Waals surface area contributed by atoms with Crippen LogP contribution in [0.4, 0.5) is 5.69 Å². The van der Waals surface area contributed by atoms with E-state index in [9.17, 15) is 4.79 Å². The van der Waals surface area contributed by atoms with Gasteiger partial charge in [0.2, 0.25) is 5.91 Å². The van der Waals surface area contributed by atoms with Gasteiger partial charge in [-0.15, -0.1) is 22.0 Å². The van der Waals surface area contributed by atoms with E-state index in [4.69, 9.17) is 5.26 Å². The van der Waals surface area contributed by atoms with Gasteiger partial charge in [-0.1, -0.05) is 65.4 Å². The van der Waals surface area contributed by atoms with E-state index in [2.05, 4.69) is 27.6 Å². The Kier molecular flexibility index (Phi) is 7.68. The van der Waals surface area contributed by atoms with E-state index >= 15 is 0 Å². The highest BCUT2D eigenvalue weighted by molar-refractivity contribution is 8.00. The second-order valence-electron chi connectivity index (χ2n) is 7.63. The van der Waals surface area contributed by atoms with Crippen molar-refractivity contribution < 1.29 is 4.79 Å². The van der Waals surface area contributed by atoms with Crippen LogP contribution in [0.15, 0.2) is 82.8 Å². The first-order valence-electron chi connectivity index (χ1n) is 10.7. The van der Waals surface area contributed by atoms with Crippen molar-refractivity contribution >= 4 is 35.1 Å². The predicted molar refractivity (Wildman–Crippen MR) is 138 cm³/mol. The molecule has 1 N–H and O–H groups in total. The van der Waals surface area contributed by atoms with Crippen LogP contribution in [-0.4, -0.2) is 32.2 Å². The topological polar surface area (TPSA) is 83.6 Å². The van der Waals surface area contributed by atoms with Gasteiger partial charge in [0.05, 0.1) is 23.3 Å². The molecule has 0 radical (unpaired) electrons. The van der Waals surface area contributed by atoms with Crippen molar-refractivity contribution in [1.29, 1.82) is 5.26 Å². The fraction of sp³-hybridized carbons (Fsp3) is 0.154. The summed E-state index contributed by atoms with van der Waals surface area (Å²) in [6.07, 6.45) is 0. The normalized spacial score (nSPS) is 10.6. The minimum absolute atomic E-state index is 0.148. The highest BCUT2D eigenvalue weighted by atomic mass is 32.2. The molecule has 0 saturated heterocycles. The summed E-state index contributed by atoms with van der Waals surface area (Å²) in [5, 5.41) is 21.3. The Balaban J connectivity index is 1.57. The number of para-hydroxylation sites is 1. The van der Waals surface area contributed by atoms with Crippen LogP contribution in [0.5, 0.6) is 0 Å². The number of hydrogen-bond donors (Lipinski definition) is 1. The van der Waals surface area contributed by atoms with Crippen LogP contribution in [0.3, 0.4) is 0 Å². The van der Waals surface area contributed by atoms with Crippen LogP contribution < -0.4 is 5.32 Å². The quantitative estimate of drug-likeness (QED) is 0.313. The summed E-state index contributed by atoms with van der Waals surface area (Å²) in [5.41, 5.74) is 4.91. The van der Waals surface area contributed by atoms with E-state index in [1.807, 2.05) is 85.1 Å². The summed E-state index contributed by atoms with van der Waals surface area (Å²) in [7, 11) is 0. The van der Waals surface area contributed by atoms with Crippen LogP contribution in [-0.2, 0) is 4.79 Å². The minimum Gasteiger partial charge on any atom is -0.324 e. The third-order valence-electron chi connectivity index (χ3n) is 4.99. The van der Waals surface area contributed by atoms with Crippen LogP contribution in [0.1, 0.15) is 11.1 Å². The van der Waals surface area contributed by atoms with Crippen molar-refractivity contribution in [1.82, 2.24) is 14.8 Å². The summed E-state index contributed by atoms with van der Waals surface area (Å²) in [6, 6.07) is 25.9. The largest absolute Gasteiger partial charge is 0.324 e. The summed E-state index contributed by atoms with van der Waals surface area (Å²) in [6.45, 7) is 4.09. The molecule has 0 unspecified atom stereocenters. The molecular weight excluding hydrogens is 462 g/mol. The maximum atomic E-state index is 12.8. The zero-order valence-corrected chi connectivity index (χ0v) is 20.5. The predicted octanol–water partition coefficient (Wildman–Crippen LogP) is 5.90. The lowest BCUT2D eigenvalue weighted by Gasteiger charge is -2.12.